The van der Waals surface area contributed by atoms with E-state index >= 15 is 0 Å². The van der Waals surface area contributed by atoms with Crippen LogP contribution in [-0.2, 0) is 26.9 Å². The van der Waals surface area contributed by atoms with E-state index in [9.17, 15) is 5.11 Å². The molecule has 27 heavy (non-hydrogen) atoms. The average Bonchev–Trinajstić information content (AvgIpc) is 3.20. The Labute approximate surface area is 158 Å². The lowest BCUT2D eigenvalue weighted by Crippen LogP contribution is -1.99. The predicted octanol–water partition coefficient (Wildman–Crippen LogP) is 4.11. The van der Waals surface area contributed by atoms with E-state index in [2.05, 4.69) is 39.5 Å². The molecule has 0 fully saturated rings. The van der Waals surface area contributed by atoms with Crippen LogP contribution in [0, 0.1) is 0 Å². The number of aromatic nitrogens is 4. The van der Waals surface area contributed by atoms with Crippen LogP contribution < -0.4 is 0 Å². The lowest BCUT2D eigenvalue weighted by atomic mass is 10.1. The van der Waals surface area contributed by atoms with E-state index in [0.717, 1.165) is 71.2 Å². The third-order valence-electron chi connectivity index (χ3n) is 5.51. The summed E-state index contributed by atoms with van der Waals surface area (Å²) in [5.41, 5.74) is 6.37. The molecule has 0 aliphatic heterocycles. The number of nitrogens with zero attached hydrogens (tertiary/aromatic N) is 4. The zero-order chi connectivity index (χ0) is 18.5. The first-order valence-corrected chi connectivity index (χ1v) is 9.41. The molecule has 5 heteroatoms. The first-order chi connectivity index (χ1) is 13.1. The Bertz CT molecular complexity index is 1030. The number of hydrogen-bond donors (Lipinski definition) is 1. The van der Waals surface area contributed by atoms with Crippen LogP contribution in [0.4, 0.5) is 0 Å². The number of allylic oxidation sites excluding steroid dienone is 2. The first kappa shape index (κ1) is 16.1. The van der Waals surface area contributed by atoms with Gasteiger partial charge >= 0.3 is 0 Å². The largest absolute Gasteiger partial charge is 0.508 e. The van der Waals surface area contributed by atoms with E-state index in [1.807, 2.05) is 14.1 Å². The van der Waals surface area contributed by atoms with Crippen molar-refractivity contribution < 1.29 is 5.11 Å². The number of fused-ring (bicyclic) bond motifs is 2. The van der Waals surface area contributed by atoms with Gasteiger partial charge < -0.3 is 14.2 Å². The minimum atomic E-state index is 0.232. The van der Waals surface area contributed by atoms with Gasteiger partial charge in [0, 0.05) is 25.2 Å². The van der Waals surface area contributed by atoms with Gasteiger partial charge in [-0.05, 0) is 56.0 Å². The lowest BCUT2D eigenvalue weighted by molar-refractivity contribution is 0.475. The summed E-state index contributed by atoms with van der Waals surface area (Å²) in [6.45, 7) is 0. The minimum Gasteiger partial charge on any atom is -0.508 e. The number of aromatic hydroxyl groups is 1. The van der Waals surface area contributed by atoms with E-state index in [1.54, 1.807) is 12.1 Å². The summed E-state index contributed by atoms with van der Waals surface area (Å²) < 4.78 is 4.21. The third kappa shape index (κ3) is 2.53. The molecule has 2 aliphatic carbocycles. The zero-order valence-corrected chi connectivity index (χ0v) is 15.6. The Morgan fingerprint density at radius 3 is 1.70 bits per heavy atom. The van der Waals surface area contributed by atoms with Gasteiger partial charge in [0.2, 0.25) is 0 Å². The van der Waals surface area contributed by atoms with Gasteiger partial charge in [-0.3, -0.25) is 0 Å². The van der Waals surface area contributed by atoms with Crippen LogP contribution in [0.5, 0.6) is 5.75 Å². The highest BCUT2D eigenvalue weighted by Crippen LogP contribution is 2.33. The predicted molar refractivity (Wildman–Crippen MR) is 107 cm³/mol. The molecule has 0 unspecified atom stereocenters. The number of benzene rings is 1. The lowest BCUT2D eigenvalue weighted by Gasteiger charge is -2.09. The summed E-state index contributed by atoms with van der Waals surface area (Å²) in [5, 5.41) is 10.4. The van der Waals surface area contributed by atoms with Gasteiger partial charge in [0.1, 0.15) is 17.4 Å². The quantitative estimate of drug-likeness (QED) is 0.750. The van der Waals surface area contributed by atoms with Crippen LogP contribution >= 0.6 is 0 Å². The molecule has 2 heterocycles. The number of imidazole rings is 2. The van der Waals surface area contributed by atoms with Crippen molar-refractivity contribution in [2.45, 2.75) is 25.7 Å². The van der Waals surface area contributed by atoms with Crippen molar-refractivity contribution in [1.29, 1.82) is 0 Å². The molecule has 0 amide bonds. The highest BCUT2D eigenvalue weighted by atomic mass is 16.3. The van der Waals surface area contributed by atoms with E-state index in [1.165, 1.54) is 0 Å². The Hall–Kier alpha value is -3.08. The summed E-state index contributed by atoms with van der Waals surface area (Å²) in [5.74, 6) is 1.99. The molecule has 3 aromatic rings. The molecule has 2 aliphatic rings. The van der Waals surface area contributed by atoms with Gasteiger partial charge in [0.15, 0.2) is 0 Å². The molecular formula is C22H22N4O. The first-order valence-electron chi connectivity index (χ1n) is 9.41. The van der Waals surface area contributed by atoms with Gasteiger partial charge in [-0.2, -0.15) is 0 Å². The maximum atomic E-state index is 10.4. The normalized spacial score (nSPS) is 15.0. The van der Waals surface area contributed by atoms with Crippen molar-refractivity contribution >= 4 is 12.2 Å². The molecule has 5 rings (SSSR count). The fourth-order valence-corrected chi connectivity index (χ4v) is 4.14. The van der Waals surface area contributed by atoms with Crippen LogP contribution in [0.1, 0.15) is 35.6 Å². The van der Waals surface area contributed by atoms with Gasteiger partial charge in [-0.15, -0.1) is 0 Å². The minimum absolute atomic E-state index is 0.232. The summed E-state index contributed by atoms with van der Waals surface area (Å²) in [7, 11) is 4.07. The topological polar surface area (TPSA) is 55.9 Å². The molecular weight excluding hydrogens is 336 g/mol. The SMILES string of the molecule is Cn1c(-c2cc(O)cc(-c3nc4c(n3C)C=CCC4)c2)nc2c1C=CCC2. The fraction of sp³-hybridized carbons (Fsp3) is 0.273. The molecule has 1 N–H and O–H groups in total. The van der Waals surface area contributed by atoms with Crippen molar-refractivity contribution in [1.82, 2.24) is 19.1 Å². The summed E-state index contributed by atoms with van der Waals surface area (Å²) in [4.78, 5) is 9.69. The molecule has 2 aromatic heterocycles. The number of aryl methyl sites for hydroxylation is 2. The highest BCUT2D eigenvalue weighted by Gasteiger charge is 2.20. The molecule has 5 nitrogen and oxygen atoms in total. The standard InChI is InChI=1S/C22H22N4O/c1-25-19-9-5-3-7-17(19)23-21(25)14-11-15(13-16(27)12-14)22-24-18-8-4-6-10-20(18)26(22)2/h5-6,9-13,27H,3-4,7-8H2,1-2H3. The van der Waals surface area contributed by atoms with Crippen LogP contribution in [0.15, 0.2) is 30.4 Å². The molecule has 1 aromatic carbocycles. The molecule has 136 valence electrons. The monoisotopic (exact) mass is 358 g/mol. The maximum Gasteiger partial charge on any atom is 0.140 e. The van der Waals surface area contributed by atoms with E-state index in [4.69, 9.17) is 9.97 Å². The van der Waals surface area contributed by atoms with Crippen molar-refractivity contribution in [3.05, 3.63) is 53.1 Å². The van der Waals surface area contributed by atoms with Crippen molar-refractivity contribution in [3.63, 3.8) is 0 Å². The smallest absolute Gasteiger partial charge is 0.140 e. The second-order valence-corrected chi connectivity index (χ2v) is 7.30. The van der Waals surface area contributed by atoms with Crippen molar-refractivity contribution in [2.75, 3.05) is 0 Å². The highest BCUT2D eigenvalue weighted by molar-refractivity contribution is 5.72. The van der Waals surface area contributed by atoms with Crippen LogP contribution in [-0.4, -0.2) is 24.2 Å². The number of rotatable bonds is 2. The second-order valence-electron chi connectivity index (χ2n) is 7.30. The zero-order valence-electron chi connectivity index (χ0n) is 15.6. The van der Waals surface area contributed by atoms with Gasteiger partial charge in [0.25, 0.3) is 0 Å². The fourth-order valence-electron chi connectivity index (χ4n) is 4.14. The molecule has 0 saturated carbocycles. The molecule has 0 radical (unpaired) electrons. The Balaban J connectivity index is 1.65. The summed E-state index contributed by atoms with van der Waals surface area (Å²) >= 11 is 0. The second kappa shape index (κ2) is 5.98. The Kier molecular flexibility index (Phi) is 3.57. The van der Waals surface area contributed by atoms with Crippen molar-refractivity contribution in [3.8, 4) is 28.5 Å². The van der Waals surface area contributed by atoms with E-state index in [0.29, 0.717) is 0 Å². The molecule has 0 spiro atoms. The van der Waals surface area contributed by atoms with Crippen LogP contribution in [0.3, 0.4) is 0 Å². The molecule has 0 atom stereocenters. The molecule has 0 bridgehead atoms. The van der Waals surface area contributed by atoms with Gasteiger partial charge in [-0.25, -0.2) is 9.97 Å². The van der Waals surface area contributed by atoms with Crippen LogP contribution in [0.2, 0.25) is 0 Å². The van der Waals surface area contributed by atoms with Crippen molar-refractivity contribution in [2.24, 2.45) is 14.1 Å². The Morgan fingerprint density at radius 2 is 1.26 bits per heavy atom. The average molecular weight is 358 g/mol. The van der Waals surface area contributed by atoms with Gasteiger partial charge in [-0.1, -0.05) is 12.2 Å². The molecule has 0 saturated heterocycles. The number of phenolic OH excluding ortho intramolecular Hbond substituents is 1. The van der Waals surface area contributed by atoms with E-state index < -0.39 is 0 Å². The maximum absolute atomic E-state index is 10.4. The number of hydrogen-bond acceptors (Lipinski definition) is 3. The Morgan fingerprint density at radius 1 is 0.778 bits per heavy atom. The third-order valence-corrected chi connectivity index (χ3v) is 5.51. The van der Waals surface area contributed by atoms with E-state index in [-0.39, 0.29) is 5.75 Å². The van der Waals surface area contributed by atoms with Crippen LogP contribution in [0.25, 0.3) is 34.9 Å². The number of phenols is 1. The summed E-state index contributed by atoms with van der Waals surface area (Å²) in [6, 6.07) is 5.64. The summed E-state index contributed by atoms with van der Waals surface area (Å²) in [6.07, 6.45) is 12.6. The van der Waals surface area contributed by atoms with Gasteiger partial charge in [0.05, 0.1) is 22.8 Å².